The van der Waals surface area contributed by atoms with E-state index in [1.807, 2.05) is 13.0 Å². The molecular weight excluding hydrogens is 284 g/mol. The minimum atomic E-state index is -3.64. The smallest absolute Gasteiger partial charge is 0.237 e. The molecular formula is C16H14N2O2S. The van der Waals surface area contributed by atoms with Crippen LogP contribution in [-0.4, -0.2) is 17.4 Å². The molecule has 0 atom stereocenters. The molecule has 0 aliphatic carbocycles. The van der Waals surface area contributed by atoms with Crippen LogP contribution in [0.15, 0.2) is 66.3 Å². The number of benzene rings is 1. The molecule has 0 saturated heterocycles. The molecule has 2 heterocycles. The maximum absolute atomic E-state index is 12.7. The number of aromatic nitrogens is 2. The van der Waals surface area contributed by atoms with Crippen molar-refractivity contribution in [3.05, 3.63) is 67.0 Å². The van der Waals surface area contributed by atoms with E-state index in [1.165, 1.54) is 10.2 Å². The van der Waals surface area contributed by atoms with E-state index in [9.17, 15) is 8.42 Å². The normalized spacial score (nSPS) is 11.7. The van der Waals surface area contributed by atoms with Crippen molar-refractivity contribution in [1.29, 1.82) is 0 Å². The molecule has 5 heteroatoms. The molecule has 0 aliphatic rings. The maximum atomic E-state index is 12.7. The van der Waals surface area contributed by atoms with E-state index in [0.717, 1.165) is 16.5 Å². The van der Waals surface area contributed by atoms with Gasteiger partial charge < -0.3 is 0 Å². The quantitative estimate of drug-likeness (QED) is 0.745. The molecule has 0 spiro atoms. The van der Waals surface area contributed by atoms with Gasteiger partial charge in [-0.05, 0) is 36.8 Å². The van der Waals surface area contributed by atoms with Crippen LogP contribution in [0, 0.1) is 0 Å². The fourth-order valence-corrected chi connectivity index (χ4v) is 3.61. The molecule has 106 valence electrons. The highest BCUT2D eigenvalue weighted by Gasteiger charge is 2.20. The molecule has 4 nitrogen and oxygen atoms in total. The summed E-state index contributed by atoms with van der Waals surface area (Å²) < 4.78 is 26.6. The van der Waals surface area contributed by atoms with Gasteiger partial charge in [-0.2, -0.15) is 0 Å². The van der Waals surface area contributed by atoms with Crippen molar-refractivity contribution in [1.82, 2.24) is 8.96 Å². The molecule has 3 aromatic rings. The van der Waals surface area contributed by atoms with Gasteiger partial charge in [0.1, 0.15) is 0 Å². The molecule has 0 aliphatic heterocycles. The topological polar surface area (TPSA) is 52.0 Å². The van der Waals surface area contributed by atoms with Crippen molar-refractivity contribution in [2.24, 2.45) is 0 Å². The Kier molecular flexibility index (Phi) is 3.14. The van der Waals surface area contributed by atoms with E-state index < -0.39 is 10.0 Å². The fraction of sp³-hybridized carbons (Fsp3) is 0.0625. The van der Waals surface area contributed by atoms with Crippen molar-refractivity contribution in [3.8, 4) is 0 Å². The zero-order valence-corrected chi connectivity index (χ0v) is 12.3. The third kappa shape index (κ3) is 2.15. The Morgan fingerprint density at radius 3 is 2.52 bits per heavy atom. The highest BCUT2D eigenvalue weighted by Crippen LogP contribution is 2.26. The predicted molar refractivity (Wildman–Crippen MR) is 83.5 cm³/mol. The van der Waals surface area contributed by atoms with E-state index in [0.29, 0.717) is 5.65 Å². The molecule has 0 amide bonds. The molecule has 1 aromatic carbocycles. The van der Waals surface area contributed by atoms with Crippen LogP contribution in [0.25, 0.3) is 16.6 Å². The number of rotatable bonds is 3. The van der Waals surface area contributed by atoms with Crippen LogP contribution in [-0.2, 0) is 10.0 Å². The number of pyridine rings is 1. The summed E-state index contributed by atoms with van der Waals surface area (Å²) in [6.07, 6.45) is 3.13. The van der Waals surface area contributed by atoms with Gasteiger partial charge in [-0.25, -0.2) is 17.4 Å². The minimum Gasteiger partial charge on any atom is -0.237 e. The summed E-state index contributed by atoms with van der Waals surface area (Å²) in [6.45, 7) is 5.81. The minimum absolute atomic E-state index is 0.241. The van der Waals surface area contributed by atoms with E-state index in [2.05, 4.69) is 11.6 Å². The first-order chi connectivity index (χ1) is 10.0. The third-order valence-corrected chi connectivity index (χ3v) is 4.99. The molecule has 2 aromatic heterocycles. The van der Waals surface area contributed by atoms with Crippen LogP contribution in [0.2, 0.25) is 0 Å². The van der Waals surface area contributed by atoms with E-state index in [1.54, 1.807) is 42.6 Å². The molecule has 21 heavy (non-hydrogen) atoms. The maximum Gasteiger partial charge on any atom is 0.269 e. The van der Waals surface area contributed by atoms with Crippen molar-refractivity contribution >= 4 is 26.6 Å². The van der Waals surface area contributed by atoms with Gasteiger partial charge in [0.05, 0.1) is 4.90 Å². The van der Waals surface area contributed by atoms with Gasteiger partial charge in [-0.1, -0.05) is 30.4 Å². The Balaban J connectivity index is 2.28. The second kappa shape index (κ2) is 4.86. The number of allylic oxidation sites excluding steroid dienone is 1. The van der Waals surface area contributed by atoms with Gasteiger partial charge in [0.15, 0.2) is 5.65 Å². The standard InChI is InChI=1S/C16H14N2O2S/c1-12(2)14-8-10-17-16-15(14)9-11-18(16)21(19,20)13-6-4-3-5-7-13/h3-11H,1H2,2H3. The highest BCUT2D eigenvalue weighted by molar-refractivity contribution is 7.90. The summed E-state index contributed by atoms with van der Waals surface area (Å²) in [6, 6.07) is 11.9. The summed E-state index contributed by atoms with van der Waals surface area (Å²) in [4.78, 5) is 4.46. The molecule has 0 saturated carbocycles. The lowest BCUT2D eigenvalue weighted by molar-refractivity contribution is 0.589. The predicted octanol–water partition coefficient (Wildman–Crippen LogP) is 3.31. The van der Waals surface area contributed by atoms with E-state index >= 15 is 0 Å². The van der Waals surface area contributed by atoms with E-state index in [-0.39, 0.29) is 4.90 Å². The molecule has 3 rings (SSSR count). The summed E-state index contributed by atoms with van der Waals surface area (Å²) in [5, 5.41) is 0.782. The molecule has 0 bridgehead atoms. The average Bonchev–Trinajstić information content (AvgIpc) is 2.92. The zero-order chi connectivity index (χ0) is 15.0. The summed E-state index contributed by atoms with van der Waals surface area (Å²) in [7, 11) is -3.64. The van der Waals surface area contributed by atoms with Gasteiger partial charge in [0.2, 0.25) is 0 Å². The Morgan fingerprint density at radius 1 is 1.14 bits per heavy atom. The molecule has 0 unspecified atom stereocenters. The Hall–Kier alpha value is -2.40. The second-order valence-corrected chi connectivity index (χ2v) is 6.62. The van der Waals surface area contributed by atoms with Gasteiger partial charge in [0.25, 0.3) is 10.0 Å². The summed E-state index contributed by atoms with van der Waals surface area (Å²) >= 11 is 0. The van der Waals surface area contributed by atoms with Crippen molar-refractivity contribution in [3.63, 3.8) is 0 Å². The lowest BCUT2D eigenvalue weighted by Crippen LogP contribution is -2.12. The monoisotopic (exact) mass is 298 g/mol. The van der Waals surface area contributed by atoms with Crippen molar-refractivity contribution in [2.45, 2.75) is 11.8 Å². The average molecular weight is 298 g/mol. The Bertz CT molecular complexity index is 925. The van der Waals surface area contributed by atoms with Crippen LogP contribution in [0.1, 0.15) is 12.5 Å². The van der Waals surface area contributed by atoms with Gasteiger partial charge in [-0.15, -0.1) is 0 Å². The van der Waals surface area contributed by atoms with Crippen LogP contribution in [0.3, 0.4) is 0 Å². The lowest BCUT2D eigenvalue weighted by atomic mass is 10.1. The largest absolute Gasteiger partial charge is 0.269 e. The Labute approximate surface area is 123 Å². The lowest BCUT2D eigenvalue weighted by Gasteiger charge is -2.07. The first-order valence-electron chi connectivity index (χ1n) is 6.44. The van der Waals surface area contributed by atoms with Gasteiger partial charge in [0, 0.05) is 17.8 Å². The first kappa shape index (κ1) is 13.6. The van der Waals surface area contributed by atoms with Crippen LogP contribution in [0.5, 0.6) is 0 Å². The zero-order valence-electron chi connectivity index (χ0n) is 11.5. The highest BCUT2D eigenvalue weighted by atomic mass is 32.2. The fourth-order valence-electron chi connectivity index (χ4n) is 2.29. The second-order valence-electron chi connectivity index (χ2n) is 4.81. The van der Waals surface area contributed by atoms with Gasteiger partial charge >= 0.3 is 0 Å². The molecule has 0 N–H and O–H groups in total. The first-order valence-corrected chi connectivity index (χ1v) is 7.88. The van der Waals surface area contributed by atoms with Crippen molar-refractivity contribution < 1.29 is 8.42 Å². The van der Waals surface area contributed by atoms with Crippen LogP contribution in [0.4, 0.5) is 0 Å². The van der Waals surface area contributed by atoms with Gasteiger partial charge in [-0.3, -0.25) is 0 Å². The number of fused-ring (bicyclic) bond motifs is 1. The number of hydrogen-bond acceptors (Lipinski definition) is 3. The Morgan fingerprint density at radius 2 is 1.86 bits per heavy atom. The van der Waals surface area contributed by atoms with E-state index in [4.69, 9.17) is 0 Å². The molecule has 0 radical (unpaired) electrons. The third-order valence-electron chi connectivity index (χ3n) is 3.31. The summed E-state index contributed by atoms with van der Waals surface area (Å²) in [5.74, 6) is 0. The molecule has 0 fully saturated rings. The van der Waals surface area contributed by atoms with Crippen LogP contribution >= 0.6 is 0 Å². The van der Waals surface area contributed by atoms with Crippen LogP contribution < -0.4 is 0 Å². The van der Waals surface area contributed by atoms with Crippen molar-refractivity contribution in [2.75, 3.05) is 0 Å². The number of hydrogen-bond donors (Lipinski definition) is 0. The number of nitrogens with zero attached hydrogens (tertiary/aromatic N) is 2. The summed E-state index contributed by atoms with van der Waals surface area (Å²) in [5.41, 5.74) is 2.19. The SMILES string of the molecule is C=C(C)c1ccnc2c1ccn2S(=O)(=O)c1ccccc1.